The van der Waals surface area contributed by atoms with Crippen molar-refractivity contribution < 1.29 is 26.3 Å². The third kappa shape index (κ3) is 10.6. The Morgan fingerprint density at radius 1 is 0.271 bits per heavy atom. The zero-order chi connectivity index (χ0) is 65.2. The lowest BCUT2D eigenvalue weighted by molar-refractivity contribution is -0.142. The van der Waals surface area contributed by atoms with Crippen LogP contribution in [0.4, 0.5) is 26.3 Å². The van der Waals surface area contributed by atoms with Crippen LogP contribution in [0, 0.1) is 11.3 Å². The second-order valence-corrected chi connectivity index (χ2v) is 23.5. The smallest absolute Gasteiger partial charge is 0.308 e. The maximum atomic E-state index is 15.8. The zero-order valence-corrected chi connectivity index (χ0v) is 50.7. The van der Waals surface area contributed by atoms with Crippen molar-refractivity contribution in [3.8, 4) is 118 Å². The molecule has 0 aliphatic carbocycles. The number of hydrogen-bond donors (Lipinski definition) is 0. The van der Waals surface area contributed by atoms with Gasteiger partial charge in [-0.05, 0) is 171 Å². The van der Waals surface area contributed by atoms with E-state index >= 15 is 26.3 Å². The molecule has 96 heavy (non-hydrogen) atoms. The van der Waals surface area contributed by atoms with Gasteiger partial charge in [0.05, 0.1) is 67.3 Å². The molecule has 0 radical (unpaired) electrons. The summed E-state index contributed by atoms with van der Waals surface area (Å²) in [6.07, 6.45) is -3.54. The van der Waals surface area contributed by atoms with E-state index in [1.54, 1.807) is 33.9 Å². The van der Waals surface area contributed by atoms with Gasteiger partial charge in [-0.3, -0.25) is 19.9 Å². The van der Waals surface area contributed by atoms with Gasteiger partial charge < -0.3 is 9.13 Å². The lowest BCUT2D eigenvalue weighted by atomic mass is 9.91. The van der Waals surface area contributed by atoms with Gasteiger partial charge in [-0.25, -0.2) is 0 Å². The molecule has 0 aliphatic rings. The highest BCUT2D eigenvalue weighted by molar-refractivity contribution is 6.14. The molecule has 0 amide bonds. The Labute approximate surface area is 546 Å². The van der Waals surface area contributed by atoms with Crippen molar-refractivity contribution in [3.05, 3.63) is 314 Å². The Kier molecular flexibility index (Phi) is 14.4. The van der Waals surface area contributed by atoms with E-state index in [2.05, 4.69) is 6.07 Å². The molecule has 0 saturated heterocycles. The van der Waals surface area contributed by atoms with Crippen LogP contribution >= 0.6 is 0 Å². The number of hydrogen-bond acceptors (Lipinski definition) is 5. The van der Waals surface area contributed by atoms with Crippen LogP contribution < -0.4 is 0 Å². The number of nitriles is 1. The molecule has 0 saturated carbocycles. The number of rotatable bonds is 11. The van der Waals surface area contributed by atoms with Gasteiger partial charge in [0.25, 0.3) is 0 Å². The maximum absolute atomic E-state index is 15.8. The molecule has 0 bridgehead atoms. The highest BCUT2D eigenvalue weighted by Crippen LogP contribution is 2.49. The van der Waals surface area contributed by atoms with E-state index in [9.17, 15) is 5.26 Å². The van der Waals surface area contributed by atoms with E-state index < -0.39 is 34.6 Å². The largest absolute Gasteiger partial charge is 0.417 e. The third-order valence-corrected chi connectivity index (χ3v) is 17.8. The Morgan fingerprint density at radius 3 is 0.802 bits per heavy atom. The highest BCUT2D eigenvalue weighted by Gasteiger charge is 2.42. The minimum absolute atomic E-state index is 0.0257. The van der Waals surface area contributed by atoms with Crippen molar-refractivity contribution in [2.24, 2.45) is 0 Å². The van der Waals surface area contributed by atoms with E-state index in [0.29, 0.717) is 55.7 Å². The summed E-state index contributed by atoms with van der Waals surface area (Å²) in [6.45, 7) is 0. The summed E-state index contributed by atoms with van der Waals surface area (Å²) in [6, 6.07) is 85.4. The molecule has 0 unspecified atom stereocenters. The maximum Gasteiger partial charge on any atom is 0.417 e. The molecular formula is C83H49F6N7. The predicted octanol–water partition coefficient (Wildman–Crippen LogP) is 22.4. The van der Waals surface area contributed by atoms with Gasteiger partial charge in [0.2, 0.25) is 0 Å². The van der Waals surface area contributed by atoms with Crippen LogP contribution in [0.1, 0.15) is 16.7 Å². The van der Waals surface area contributed by atoms with Crippen molar-refractivity contribution in [1.82, 2.24) is 29.1 Å². The van der Waals surface area contributed by atoms with Crippen LogP contribution in [0.5, 0.6) is 0 Å². The second-order valence-electron chi connectivity index (χ2n) is 23.5. The number of pyridine rings is 4. The van der Waals surface area contributed by atoms with E-state index in [-0.39, 0.29) is 16.9 Å². The van der Waals surface area contributed by atoms with Crippen LogP contribution in [0.25, 0.3) is 156 Å². The topological polar surface area (TPSA) is 85.2 Å². The minimum atomic E-state index is -5.26. The van der Waals surface area contributed by atoms with Gasteiger partial charge in [-0.1, -0.05) is 152 Å². The Hall–Kier alpha value is -12.5. The van der Waals surface area contributed by atoms with Crippen LogP contribution in [0.3, 0.4) is 0 Å². The standard InChI is InChI=1S/C83H49F6N7/c84-82(85,86)69-22-13-23-70(83(87,88)89)81(69)63-48-79(95-75-28-24-55(59-32-36-91-71(44-59)51-14-5-1-6-15-51)40-64(75)65-41-56(25-29-76(65)95)60-33-37-92-72(45-60)52-16-7-2-8-17-52)68(50-90)80(49-63)96-77-30-26-57(61-34-38-93-73(46-61)53-18-9-3-10-19-53)42-66(77)67-43-58(27-31-78(67)96)62-35-39-94-74(47-62)54-20-11-4-12-21-54/h1-49H. The van der Waals surface area contributed by atoms with E-state index in [1.165, 1.54) is 12.1 Å². The average Bonchev–Trinajstić information content (AvgIpc) is 1.53. The van der Waals surface area contributed by atoms with Gasteiger partial charge >= 0.3 is 12.4 Å². The molecular weight excluding hydrogens is 1210 g/mol. The van der Waals surface area contributed by atoms with Gasteiger partial charge in [0, 0.05) is 74.1 Å². The number of fused-ring (bicyclic) bond motifs is 6. The van der Waals surface area contributed by atoms with Crippen molar-refractivity contribution in [2.75, 3.05) is 0 Å². The Balaban J connectivity index is 0.990. The van der Waals surface area contributed by atoms with E-state index in [4.69, 9.17) is 19.9 Å². The minimum Gasteiger partial charge on any atom is -0.308 e. The quantitative estimate of drug-likeness (QED) is 0.120. The second kappa shape index (κ2) is 23.5. The first-order chi connectivity index (χ1) is 46.8. The number of nitrogens with zero attached hydrogens (tertiary/aromatic N) is 7. The van der Waals surface area contributed by atoms with Crippen molar-refractivity contribution in [2.45, 2.75) is 12.4 Å². The molecule has 0 atom stereocenters. The fourth-order valence-electron chi connectivity index (χ4n) is 13.4. The van der Waals surface area contributed by atoms with Crippen molar-refractivity contribution in [3.63, 3.8) is 0 Å². The highest BCUT2D eigenvalue weighted by atomic mass is 19.4. The molecule has 13 heteroatoms. The molecule has 0 aliphatic heterocycles. The number of aromatic nitrogens is 6. The van der Waals surface area contributed by atoms with Crippen molar-refractivity contribution >= 4 is 43.6 Å². The molecule has 6 heterocycles. The van der Waals surface area contributed by atoms with Crippen molar-refractivity contribution in [1.29, 1.82) is 5.26 Å². The van der Waals surface area contributed by atoms with Gasteiger partial charge in [0.15, 0.2) is 0 Å². The van der Waals surface area contributed by atoms with Crippen LogP contribution in [-0.2, 0) is 12.4 Å². The summed E-state index contributed by atoms with van der Waals surface area (Å²) in [5.41, 5.74) is 10.9. The molecule has 0 spiro atoms. The summed E-state index contributed by atoms with van der Waals surface area (Å²) in [5, 5.41) is 14.9. The van der Waals surface area contributed by atoms with Gasteiger partial charge in [-0.15, -0.1) is 0 Å². The number of alkyl halides is 6. The lowest BCUT2D eigenvalue weighted by Gasteiger charge is -2.22. The fraction of sp³-hybridized carbons (Fsp3) is 0.0241. The Bertz CT molecular complexity index is 5140. The first kappa shape index (κ1) is 58.5. The lowest BCUT2D eigenvalue weighted by Crippen LogP contribution is -2.15. The third-order valence-electron chi connectivity index (χ3n) is 17.8. The van der Waals surface area contributed by atoms with Crippen LogP contribution in [-0.4, -0.2) is 29.1 Å². The SMILES string of the molecule is N#Cc1c(-n2c3ccc(-c4ccnc(-c5ccccc5)c4)cc3c3cc(-c4ccnc(-c5ccccc5)c4)ccc32)cc(-c2c(C(F)(F)F)cccc2C(F)(F)F)cc1-n1c2ccc(-c3ccnc(-c4ccccc4)c3)cc2c2cc(-c3ccnc(-c4ccccc4)c3)ccc21. The summed E-state index contributed by atoms with van der Waals surface area (Å²) in [7, 11) is 0. The molecule has 10 aromatic carbocycles. The fourth-order valence-corrected chi connectivity index (χ4v) is 13.4. The van der Waals surface area contributed by atoms with Gasteiger partial charge in [-0.2, -0.15) is 31.6 Å². The average molecular weight is 1260 g/mol. The molecule has 7 nitrogen and oxygen atoms in total. The number of benzene rings is 10. The molecule has 16 aromatic rings. The molecule has 0 fully saturated rings. The monoisotopic (exact) mass is 1260 g/mol. The normalized spacial score (nSPS) is 11.8. The summed E-state index contributed by atoms with van der Waals surface area (Å²) in [4.78, 5) is 18.8. The summed E-state index contributed by atoms with van der Waals surface area (Å²) in [5.74, 6) is 0. The Morgan fingerprint density at radius 2 is 0.542 bits per heavy atom. The first-order valence-corrected chi connectivity index (χ1v) is 30.9. The summed E-state index contributed by atoms with van der Waals surface area (Å²) >= 11 is 0. The molecule has 458 valence electrons. The van der Waals surface area contributed by atoms with E-state index in [1.807, 2.05) is 243 Å². The first-order valence-electron chi connectivity index (χ1n) is 30.9. The molecule has 16 rings (SSSR count). The van der Waals surface area contributed by atoms with E-state index in [0.717, 1.165) is 95.6 Å². The number of halogens is 6. The predicted molar refractivity (Wildman–Crippen MR) is 370 cm³/mol. The molecule has 6 aromatic heterocycles. The van der Waals surface area contributed by atoms with Crippen LogP contribution in [0.15, 0.2) is 298 Å². The molecule has 0 N–H and O–H groups in total. The van der Waals surface area contributed by atoms with Gasteiger partial charge in [0.1, 0.15) is 11.6 Å². The van der Waals surface area contributed by atoms with Crippen LogP contribution in [0.2, 0.25) is 0 Å². The summed E-state index contributed by atoms with van der Waals surface area (Å²) < 4.78 is 98.3. The zero-order valence-electron chi connectivity index (χ0n) is 50.7.